The summed E-state index contributed by atoms with van der Waals surface area (Å²) in [5.41, 5.74) is -1.41. The maximum Gasteiger partial charge on any atom is 0.166 e. The van der Waals surface area contributed by atoms with E-state index in [1.807, 2.05) is 0 Å². The largest absolute Gasteiger partial charge is 0.486 e. The lowest BCUT2D eigenvalue weighted by Gasteiger charge is -2.56. The molecule has 0 aliphatic rings. The van der Waals surface area contributed by atoms with Crippen LogP contribution in [-0.4, -0.2) is 46.8 Å². The quantitative estimate of drug-likeness (QED) is 0.0420. The van der Waals surface area contributed by atoms with Gasteiger partial charge in [0.1, 0.15) is 6.61 Å². The predicted molar refractivity (Wildman–Crippen MR) is 274 cm³/mol. The second-order valence-electron chi connectivity index (χ2n) is 20.2. The summed E-state index contributed by atoms with van der Waals surface area (Å²) in [6, 6.07) is 0. The molecule has 5 heteroatoms. The van der Waals surface area contributed by atoms with E-state index < -0.39 is 5.41 Å². The van der Waals surface area contributed by atoms with Crippen LogP contribution in [0.4, 0.5) is 0 Å². The summed E-state index contributed by atoms with van der Waals surface area (Å²) in [5, 5.41) is 32.4. The summed E-state index contributed by atoms with van der Waals surface area (Å²) in [7, 11) is 0. The zero-order chi connectivity index (χ0) is 45.5. The minimum Gasteiger partial charge on any atom is -0.486 e. The van der Waals surface area contributed by atoms with Crippen molar-refractivity contribution in [3.63, 3.8) is 0 Å². The zero-order valence-electron chi connectivity index (χ0n) is 42.8. The highest BCUT2D eigenvalue weighted by atomic mass is 32.1. The summed E-state index contributed by atoms with van der Waals surface area (Å²) in [6.07, 6.45) is 46.5. The van der Waals surface area contributed by atoms with Crippen LogP contribution in [0.25, 0.3) is 0 Å². The van der Waals surface area contributed by atoms with Gasteiger partial charge in [-0.3, -0.25) is 0 Å². The molecule has 366 valence electrons. The second-order valence-corrected chi connectivity index (χ2v) is 20.6. The number of aliphatic hydroxyl groups is 3. The molecule has 0 saturated heterocycles. The van der Waals surface area contributed by atoms with Gasteiger partial charge in [0.2, 0.25) is 0 Å². The Labute approximate surface area is 389 Å². The number of unbranched alkanes of at least 4 members (excludes halogenated alkanes) is 24. The fourth-order valence-corrected chi connectivity index (χ4v) is 11.9. The molecule has 4 unspecified atom stereocenters. The Balaban J connectivity index is 7.57. The van der Waals surface area contributed by atoms with E-state index in [0.29, 0.717) is 29.6 Å². The summed E-state index contributed by atoms with van der Waals surface area (Å²) in [5.74, 6) is 2.37. The number of hydrogen-bond acceptors (Lipinski definition) is 5. The SMILES string of the molecule is CCCCCCCCCC(CC)C(C(CC)CCCCCCCCC)C(C(=S)OCC(CO)(CO)CO)(C(CC)CCCCCCCCC)C(CC)CCCCCCCCC. The van der Waals surface area contributed by atoms with Crippen molar-refractivity contribution in [3.8, 4) is 0 Å². The number of thiocarbonyl (C=S) groups is 1. The Morgan fingerprint density at radius 2 is 0.672 bits per heavy atom. The molecule has 0 aromatic carbocycles. The Morgan fingerprint density at radius 3 is 0.934 bits per heavy atom. The maximum atomic E-state index is 10.5. The van der Waals surface area contributed by atoms with Gasteiger partial charge in [0.05, 0.1) is 25.2 Å². The van der Waals surface area contributed by atoms with Gasteiger partial charge in [-0.2, -0.15) is 0 Å². The van der Waals surface area contributed by atoms with Gasteiger partial charge in [0.15, 0.2) is 5.05 Å². The fraction of sp³-hybridized carbons (Fsp3) is 0.982. The van der Waals surface area contributed by atoms with Crippen LogP contribution in [-0.2, 0) is 4.74 Å². The molecule has 61 heavy (non-hydrogen) atoms. The van der Waals surface area contributed by atoms with Crippen LogP contribution in [0.1, 0.15) is 287 Å². The Morgan fingerprint density at radius 1 is 0.393 bits per heavy atom. The van der Waals surface area contributed by atoms with Crippen molar-refractivity contribution < 1.29 is 20.1 Å². The zero-order valence-corrected chi connectivity index (χ0v) is 43.6. The van der Waals surface area contributed by atoms with E-state index in [0.717, 1.165) is 17.9 Å². The first-order valence-electron chi connectivity index (χ1n) is 27.8. The van der Waals surface area contributed by atoms with Crippen molar-refractivity contribution in [3.05, 3.63) is 0 Å². The highest BCUT2D eigenvalue weighted by Gasteiger charge is 2.57. The van der Waals surface area contributed by atoms with Crippen LogP contribution < -0.4 is 0 Å². The monoisotopic (exact) mass is 881 g/mol. The molecular formula is C56H112O4S. The third-order valence-electron chi connectivity index (χ3n) is 15.5. The van der Waals surface area contributed by atoms with Gasteiger partial charge in [-0.15, -0.1) is 0 Å². The van der Waals surface area contributed by atoms with Crippen molar-refractivity contribution in [1.82, 2.24) is 0 Å². The average molecular weight is 882 g/mol. The Bertz CT molecular complexity index is 875. The van der Waals surface area contributed by atoms with Crippen molar-refractivity contribution in [2.75, 3.05) is 26.4 Å². The Kier molecular flexibility index (Phi) is 41.1. The molecule has 0 fully saturated rings. The van der Waals surface area contributed by atoms with Crippen molar-refractivity contribution in [1.29, 1.82) is 0 Å². The molecule has 0 saturated carbocycles. The van der Waals surface area contributed by atoms with Crippen LogP contribution in [0.3, 0.4) is 0 Å². The van der Waals surface area contributed by atoms with Gasteiger partial charge in [-0.25, -0.2) is 0 Å². The molecule has 0 amide bonds. The Hall–Kier alpha value is -0.230. The van der Waals surface area contributed by atoms with Crippen LogP contribution in [0, 0.1) is 40.4 Å². The molecular weight excluding hydrogens is 769 g/mol. The average Bonchev–Trinajstić information content (AvgIpc) is 3.28. The van der Waals surface area contributed by atoms with E-state index in [9.17, 15) is 15.3 Å². The lowest BCUT2D eigenvalue weighted by Crippen LogP contribution is -2.56. The summed E-state index contributed by atoms with van der Waals surface area (Å²) in [4.78, 5) is 0. The van der Waals surface area contributed by atoms with Crippen LogP contribution >= 0.6 is 12.2 Å². The van der Waals surface area contributed by atoms with E-state index in [4.69, 9.17) is 17.0 Å². The van der Waals surface area contributed by atoms with Crippen LogP contribution in [0.15, 0.2) is 0 Å². The number of rotatable bonds is 47. The minimum atomic E-state index is -1.12. The second kappa shape index (κ2) is 41.2. The molecule has 0 heterocycles. The van der Waals surface area contributed by atoms with Crippen molar-refractivity contribution >= 4 is 17.3 Å². The maximum absolute atomic E-state index is 10.5. The van der Waals surface area contributed by atoms with Crippen LogP contribution in [0.5, 0.6) is 0 Å². The first-order chi connectivity index (χ1) is 29.8. The van der Waals surface area contributed by atoms with Crippen LogP contribution in [0.2, 0.25) is 0 Å². The molecule has 0 rings (SSSR count). The van der Waals surface area contributed by atoms with Gasteiger partial charge < -0.3 is 20.1 Å². The summed E-state index contributed by atoms with van der Waals surface area (Å²) in [6.45, 7) is 18.2. The molecule has 4 nitrogen and oxygen atoms in total. The standard InChI is InChI=1S/C56H112O4S/c1-9-17-21-25-29-33-37-41-49(13-5)53(50(14-6)42-38-34-30-26-22-18-10-2)56(54(61)60-48-55(45-57,46-58)47-59,51(15-7)43-39-35-31-27-23-19-11-3)52(16-8)44-40-36-32-28-24-20-12-4/h49-53,57-59H,9-48H2,1-8H3. The molecule has 0 aliphatic carbocycles. The predicted octanol–water partition coefficient (Wildman–Crippen LogP) is 17.6. The van der Waals surface area contributed by atoms with Gasteiger partial charge in [0, 0.05) is 5.41 Å². The first-order valence-corrected chi connectivity index (χ1v) is 28.2. The van der Waals surface area contributed by atoms with E-state index in [1.165, 1.54) is 218 Å². The van der Waals surface area contributed by atoms with Gasteiger partial charge in [0.25, 0.3) is 0 Å². The molecule has 0 aromatic rings. The molecule has 0 aliphatic heterocycles. The topological polar surface area (TPSA) is 69.9 Å². The highest BCUT2D eigenvalue weighted by molar-refractivity contribution is 7.80. The molecule has 0 spiro atoms. The molecule has 3 N–H and O–H groups in total. The lowest BCUT2D eigenvalue weighted by molar-refractivity contribution is -0.0583. The molecule has 0 aromatic heterocycles. The third-order valence-corrected chi connectivity index (χ3v) is 16.0. The van der Waals surface area contributed by atoms with E-state index in [-0.39, 0.29) is 31.8 Å². The molecule has 0 radical (unpaired) electrons. The van der Waals surface area contributed by atoms with E-state index >= 15 is 0 Å². The third kappa shape index (κ3) is 24.2. The van der Waals surface area contributed by atoms with Crippen molar-refractivity contribution in [2.24, 2.45) is 40.4 Å². The lowest BCUT2D eigenvalue weighted by atomic mass is 9.49. The summed E-state index contributed by atoms with van der Waals surface area (Å²) < 4.78 is 7.04. The fourth-order valence-electron chi connectivity index (χ4n) is 11.4. The van der Waals surface area contributed by atoms with Gasteiger partial charge in [-0.05, 0) is 54.6 Å². The van der Waals surface area contributed by atoms with Gasteiger partial charge >= 0.3 is 0 Å². The number of hydrogen-bond donors (Lipinski definition) is 3. The minimum absolute atomic E-state index is 0.0641. The van der Waals surface area contributed by atoms with Crippen molar-refractivity contribution in [2.45, 2.75) is 287 Å². The molecule has 4 atom stereocenters. The smallest absolute Gasteiger partial charge is 0.166 e. The molecule has 0 bridgehead atoms. The van der Waals surface area contributed by atoms with E-state index in [2.05, 4.69) is 55.4 Å². The number of ether oxygens (including phenoxy) is 1. The normalized spacial score (nSPS) is 15.7. The first kappa shape index (κ1) is 60.8. The number of aliphatic hydroxyl groups excluding tert-OH is 3. The summed E-state index contributed by atoms with van der Waals surface area (Å²) >= 11 is 6.92. The van der Waals surface area contributed by atoms with E-state index in [1.54, 1.807) is 0 Å². The van der Waals surface area contributed by atoms with Gasteiger partial charge in [-0.1, -0.05) is 274 Å². The highest BCUT2D eigenvalue weighted by Crippen LogP contribution is 2.58.